The van der Waals surface area contributed by atoms with Gasteiger partial charge in [0.25, 0.3) is 0 Å². The lowest BCUT2D eigenvalue weighted by Gasteiger charge is -2.07. The van der Waals surface area contributed by atoms with Crippen LogP contribution in [0, 0.1) is 0 Å². The first-order chi connectivity index (χ1) is 11.8. The number of aromatic nitrogens is 2. The number of benzene rings is 2. The van der Waals surface area contributed by atoms with Crippen molar-refractivity contribution < 1.29 is 0 Å². The molecule has 0 atom stereocenters. The molecule has 5 heteroatoms. The molecule has 0 spiro atoms. The SMILES string of the molecule is O=c1[nH]c2cc(Nc3ccccc3)ccc2n1CCc1cccs1. The first-order valence-electron chi connectivity index (χ1n) is 7.87. The minimum absolute atomic E-state index is 0.0570. The Bertz CT molecular complexity index is 1000. The summed E-state index contributed by atoms with van der Waals surface area (Å²) in [6.07, 6.45) is 0.870. The van der Waals surface area contributed by atoms with Crippen LogP contribution < -0.4 is 11.0 Å². The maximum Gasteiger partial charge on any atom is 0.326 e. The third-order valence-corrected chi connectivity index (χ3v) is 4.93. The van der Waals surface area contributed by atoms with Crippen molar-refractivity contribution in [1.29, 1.82) is 0 Å². The number of hydrogen-bond acceptors (Lipinski definition) is 3. The van der Waals surface area contributed by atoms with Crippen molar-refractivity contribution in [3.05, 3.63) is 81.4 Å². The Balaban J connectivity index is 1.60. The fourth-order valence-electron chi connectivity index (χ4n) is 2.83. The van der Waals surface area contributed by atoms with E-state index in [1.165, 1.54) is 4.88 Å². The summed E-state index contributed by atoms with van der Waals surface area (Å²) in [6, 6.07) is 20.1. The van der Waals surface area contributed by atoms with E-state index in [1.807, 2.05) is 54.6 Å². The molecule has 0 saturated carbocycles. The van der Waals surface area contributed by atoms with Crippen LogP contribution in [0.25, 0.3) is 11.0 Å². The van der Waals surface area contributed by atoms with Crippen LogP contribution >= 0.6 is 11.3 Å². The van der Waals surface area contributed by atoms with E-state index in [9.17, 15) is 4.79 Å². The van der Waals surface area contributed by atoms with E-state index in [2.05, 4.69) is 21.7 Å². The van der Waals surface area contributed by atoms with Crippen LogP contribution in [-0.4, -0.2) is 9.55 Å². The number of fused-ring (bicyclic) bond motifs is 1. The summed E-state index contributed by atoms with van der Waals surface area (Å²) in [7, 11) is 0. The molecule has 2 aromatic carbocycles. The number of thiophene rings is 1. The van der Waals surface area contributed by atoms with E-state index in [-0.39, 0.29) is 5.69 Å². The van der Waals surface area contributed by atoms with Crippen LogP contribution in [0.3, 0.4) is 0 Å². The lowest BCUT2D eigenvalue weighted by Crippen LogP contribution is -2.17. The number of aromatic amines is 1. The lowest BCUT2D eigenvalue weighted by molar-refractivity contribution is 0.697. The number of anilines is 2. The van der Waals surface area contributed by atoms with Gasteiger partial charge in [-0.25, -0.2) is 4.79 Å². The summed E-state index contributed by atoms with van der Waals surface area (Å²) in [6.45, 7) is 0.685. The van der Waals surface area contributed by atoms with Gasteiger partial charge in [-0.05, 0) is 48.2 Å². The second kappa shape index (κ2) is 6.37. The molecule has 0 amide bonds. The normalized spacial score (nSPS) is 11.0. The fraction of sp³-hybridized carbons (Fsp3) is 0.105. The summed E-state index contributed by atoms with van der Waals surface area (Å²) in [4.78, 5) is 16.5. The van der Waals surface area contributed by atoms with Crippen LogP contribution in [0.5, 0.6) is 0 Å². The first kappa shape index (κ1) is 14.8. The number of aryl methyl sites for hydroxylation is 2. The summed E-state index contributed by atoms with van der Waals surface area (Å²) in [5.41, 5.74) is 3.72. The Morgan fingerprint density at radius 2 is 1.88 bits per heavy atom. The van der Waals surface area contributed by atoms with E-state index in [4.69, 9.17) is 0 Å². The van der Waals surface area contributed by atoms with E-state index >= 15 is 0 Å². The Kier molecular flexibility index (Phi) is 3.92. The minimum atomic E-state index is -0.0570. The zero-order valence-corrected chi connectivity index (χ0v) is 13.8. The Labute approximate surface area is 143 Å². The highest BCUT2D eigenvalue weighted by Gasteiger charge is 2.08. The van der Waals surface area contributed by atoms with Gasteiger partial charge in [0, 0.05) is 22.8 Å². The molecule has 4 rings (SSSR count). The molecule has 0 aliphatic carbocycles. The molecule has 2 N–H and O–H groups in total. The van der Waals surface area contributed by atoms with Gasteiger partial charge in [-0.1, -0.05) is 24.3 Å². The number of imidazole rings is 1. The molecule has 0 radical (unpaired) electrons. The quantitative estimate of drug-likeness (QED) is 0.569. The molecule has 0 saturated heterocycles. The summed E-state index contributed by atoms with van der Waals surface area (Å²) in [5.74, 6) is 0. The average Bonchev–Trinajstić information content (AvgIpc) is 3.21. The predicted molar refractivity (Wildman–Crippen MR) is 100 cm³/mol. The van der Waals surface area contributed by atoms with Gasteiger partial charge in [0.15, 0.2) is 0 Å². The molecular weight excluding hydrogens is 318 g/mol. The molecule has 2 aromatic heterocycles. The first-order valence-corrected chi connectivity index (χ1v) is 8.74. The summed E-state index contributed by atoms with van der Waals surface area (Å²) >= 11 is 1.72. The number of nitrogens with one attached hydrogen (secondary N) is 2. The molecule has 0 bridgehead atoms. The van der Waals surface area contributed by atoms with Crippen molar-refractivity contribution in [2.75, 3.05) is 5.32 Å². The molecule has 24 heavy (non-hydrogen) atoms. The van der Waals surface area contributed by atoms with E-state index < -0.39 is 0 Å². The molecule has 0 aliphatic rings. The Morgan fingerprint density at radius 1 is 1.00 bits per heavy atom. The zero-order valence-electron chi connectivity index (χ0n) is 13.0. The summed E-state index contributed by atoms with van der Waals surface area (Å²) < 4.78 is 1.81. The smallest absolute Gasteiger partial charge is 0.326 e. The monoisotopic (exact) mass is 335 g/mol. The summed E-state index contributed by atoms with van der Waals surface area (Å²) in [5, 5.41) is 5.41. The highest BCUT2D eigenvalue weighted by Crippen LogP contribution is 2.21. The van der Waals surface area contributed by atoms with Gasteiger partial charge in [0.05, 0.1) is 11.0 Å². The maximum absolute atomic E-state index is 12.3. The molecule has 4 aromatic rings. The topological polar surface area (TPSA) is 49.8 Å². The maximum atomic E-state index is 12.3. The van der Waals surface area contributed by atoms with Crippen LogP contribution in [0.2, 0.25) is 0 Å². The highest BCUT2D eigenvalue weighted by molar-refractivity contribution is 7.09. The second-order valence-electron chi connectivity index (χ2n) is 5.63. The number of H-pyrrole nitrogens is 1. The second-order valence-corrected chi connectivity index (χ2v) is 6.67. The van der Waals surface area contributed by atoms with Gasteiger partial charge in [0.2, 0.25) is 0 Å². The predicted octanol–water partition coefficient (Wildman–Crippen LogP) is 4.38. The minimum Gasteiger partial charge on any atom is -0.355 e. The number of rotatable bonds is 5. The average molecular weight is 335 g/mol. The molecule has 4 nitrogen and oxygen atoms in total. The third-order valence-electron chi connectivity index (χ3n) is 4.00. The molecule has 2 heterocycles. The van der Waals surface area contributed by atoms with E-state index in [1.54, 1.807) is 15.9 Å². The van der Waals surface area contributed by atoms with Gasteiger partial charge in [-0.3, -0.25) is 4.57 Å². The van der Waals surface area contributed by atoms with E-state index in [0.717, 1.165) is 28.8 Å². The van der Waals surface area contributed by atoms with Gasteiger partial charge in [-0.2, -0.15) is 0 Å². The van der Waals surface area contributed by atoms with Crippen molar-refractivity contribution in [3.8, 4) is 0 Å². The van der Waals surface area contributed by atoms with Crippen LogP contribution in [0.4, 0.5) is 11.4 Å². The van der Waals surface area contributed by atoms with Crippen LogP contribution in [-0.2, 0) is 13.0 Å². The van der Waals surface area contributed by atoms with Crippen LogP contribution in [0.15, 0.2) is 70.8 Å². The van der Waals surface area contributed by atoms with Crippen molar-refractivity contribution in [2.45, 2.75) is 13.0 Å². The number of nitrogens with zero attached hydrogens (tertiary/aromatic N) is 1. The molecule has 0 unspecified atom stereocenters. The van der Waals surface area contributed by atoms with E-state index in [0.29, 0.717) is 6.54 Å². The molecule has 120 valence electrons. The standard InChI is InChI=1S/C19H17N3OS/c23-19-21-17-13-15(20-14-5-2-1-3-6-14)8-9-18(17)22(19)11-10-16-7-4-12-24-16/h1-9,12-13,20H,10-11H2,(H,21,23). The third kappa shape index (κ3) is 2.98. The fourth-order valence-corrected chi connectivity index (χ4v) is 3.53. The number of para-hydroxylation sites is 1. The highest BCUT2D eigenvalue weighted by atomic mass is 32.1. The van der Waals surface area contributed by atoms with Crippen molar-refractivity contribution in [1.82, 2.24) is 9.55 Å². The largest absolute Gasteiger partial charge is 0.355 e. The zero-order chi connectivity index (χ0) is 16.4. The van der Waals surface area contributed by atoms with Gasteiger partial charge in [-0.15, -0.1) is 11.3 Å². The lowest BCUT2D eigenvalue weighted by atomic mass is 10.2. The molecule has 0 fully saturated rings. The van der Waals surface area contributed by atoms with Crippen molar-refractivity contribution in [3.63, 3.8) is 0 Å². The van der Waals surface area contributed by atoms with Crippen LogP contribution in [0.1, 0.15) is 4.88 Å². The number of hydrogen-bond donors (Lipinski definition) is 2. The van der Waals surface area contributed by atoms with Gasteiger partial charge in [0.1, 0.15) is 0 Å². The Morgan fingerprint density at radius 3 is 2.67 bits per heavy atom. The molecular formula is C19H17N3OS. The van der Waals surface area contributed by atoms with Gasteiger partial charge < -0.3 is 10.3 Å². The molecule has 0 aliphatic heterocycles. The van der Waals surface area contributed by atoms with Crippen molar-refractivity contribution in [2.24, 2.45) is 0 Å². The van der Waals surface area contributed by atoms with Gasteiger partial charge >= 0.3 is 5.69 Å². The van der Waals surface area contributed by atoms with Crippen molar-refractivity contribution >= 4 is 33.7 Å². The Hall–Kier alpha value is -2.79.